The molecular weight excluding hydrogens is 1060 g/mol. The molecule has 7 rings (SSSR count). The van der Waals surface area contributed by atoms with Gasteiger partial charge in [-0.05, 0) is 67.7 Å². The van der Waals surface area contributed by atoms with Crippen LogP contribution < -0.4 is 39.7 Å². The lowest BCUT2D eigenvalue weighted by molar-refractivity contribution is -0.0566. The first kappa shape index (κ1) is 62.1. The predicted molar refractivity (Wildman–Crippen MR) is 297 cm³/mol. The van der Waals surface area contributed by atoms with Gasteiger partial charge in [0.1, 0.15) is 36.4 Å². The lowest BCUT2D eigenvalue weighted by Crippen LogP contribution is -2.59. The average Bonchev–Trinajstić information content (AvgIpc) is 3.98. The van der Waals surface area contributed by atoms with E-state index in [0.717, 1.165) is 21.2 Å². The van der Waals surface area contributed by atoms with Crippen LogP contribution in [-0.4, -0.2) is 107 Å². The topological polar surface area (TPSA) is 296 Å². The molecule has 6 N–H and O–H groups in total. The molecule has 2 saturated heterocycles. The van der Waals surface area contributed by atoms with Gasteiger partial charge in [-0.3, -0.25) is 32.8 Å². The van der Waals surface area contributed by atoms with Gasteiger partial charge in [-0.2, -0.15) is 13.4 Å². The molecule has 3 aliphatic rings. The summed E-state index contributed by atoms with van der Waals surface area (Å²) in [6.45, 7) is 28.5. The van der Waals surface area contributed by atoms with E-state index in [0.29, 0.717) is 29.9 Å². The average molecular weight is 1140 g/mol. The molecule has 26 heteroatoms. The number of H-pyrrole nitrogens is 1. The molecule has 0 saturated carbocycles. The number of thioether (sulfide) groups is 1. The lowest BCUT2D eigenvalue weighted by Gasteiger charge is -2.43. The number of aromatic nitrogens is 6. The summed E-state index contributed by atoms with van der Waals surface area (Å²) < 4.78 is 67.3. The van der Waals surface area contributed by atoms with E-state index >= 15 is 0 Å². The number of nitrogen functional groups attached to an aromatic ring is 1. The molecule has 4 aromatic rings. The molecule has 6 heterocycles. The van der Waals surface area contributed by atoms with Gasteiger partial charge in [0.15, 0.2) is 28.5 Å². The third-order valence-corrected chi connectivity index (χ3v) is 25.6. The number of aliphatic hydroxyl groups is 1. The number of nitrogens with one attached hydrogen (secondary N) is 1. The van der Waals surface area contributed by atoms with Crippen molar-refractivity contribution in [2.45, 2.75) is 160 Å². The molecule has 3 aliphatic heterocycles. The highest BCUT2D eigenvalue weighted by Crippen LogP contribution is 2.52. The Hall–Kier alpha value is -4.75. The Labute approximate surface area is 450 Å². The number of aromatic amines is 1. The van der Waals surface area contributed by atoms with Crippen molar-refractivity contribution in [2.75, 3.05) is 31.3 Å². The number of hydrogen-bond donors (Lipinski definition) is 4. The predicted octanol–water partition coefficient (Wildman–Crippen LogP) is 4.71. The highest BCUT2D eigenvalue weighted by Gasteiger charge is 2.67. The summed E-state index contributed by atoms with van der Waals surface area (Å²) in [4.78, 5) is 67.7. The first-order chi connectivity index (χ1) is 35.1. The fourth-order valence-corrected chi connectivity index (χ4v) is 12.5. The zero-order valence-corrected chi connectivity index (χ0v) is 50.0. The summed E-state index contributed by atoms with van der Waals surface area (Å²) >= 11 is 1.47. The Morgan fingerprint density at radius 2 is 1.59 bits per heavy atom. The maximum atomic E-state index is 13.4. The summed E-state index contributed by atoms with van der Waals surface area (Å²) in [5, 5.41) is 9.34. The Morgan fingerprint density at radius 1 is 0.961 bits per heavy atom. The molecular formula is C50H78N8O14S2Si2. The number of benzene rings is 1. The zero-order valence-electron chi connectivity index (χ0n) is 46.4. The molecule has 2 unspecified atom stereocenters. The van der Waals surface area contributed by atoms with Crippen LogP contribution in [0.3, 0.4) is 0 Å². The third kappa shape index (κ3) is 13.7. The zero-order chi connectivity index (χ0) is 57.1. The van der Waals surface area contributed by atoms with Crippen LogP contribution in [0.2, 0.25) is 36.3 Å². The van der Waals surface area contributed by atoms with E-state index in [4.69, 9.17) is 43.8 Å². The van der Waals surface area contributed by atoms with Crippen LogP contribution in [0, 0.1) is 6.92 Å². The van der Waals surface area contributed by atoms with Crippen LogP contribution >= 0.6 is 11.8 Å². The summed E-state index contributed by atoms with van der Waals surface area (Å²) in [5.41, 5.74) is 10.2. The van der Waals surface area contributed by atoms with E-state index in [2.05, 4.69) is 43.8 Å². The largest absolute Gasteiger partial charge is 0.414 e. The molecule has 0 aliphatic carbocycles. The van der Waals surface area contributed by atoms with Crippen LogP contribution in [0.1, 0.15) is 103 Å². The second-order valence-electron chi connectivity index (χ2n) is 22.3. The van der Waals surface area contributed by atoms with E-state index < -0.39 is 73.4 Å². The van der Waals surface area contributed by atoms with Gasteiger partial charge in [0, 0.05) is 55.0 Å². The quantitative estimate of drug-likeness (QED) is 0.0981. The second-order valence-corrected chi connectivity index (χ2v) is 34.4. The van der Waals surface area contributed by atoms with Crippen molar-refractivity contribution >= 4 is 44.3 Å². The first-order valence-corrected chi connectivity index (χ1v) is 33.4. The number of nitrogens with two attached hydrogens (primary N) is 2. The smallest absolute Gasteiger partial charge is 0.351 e. The Kier molecular flexibility index (Phi) is 19.7. The summed E-state index contributed by atoms with van der Waals surface area (Å²) in [5.74, 6) is 0.841. The Morgan fingerprint density at radius 3 is 2.12 bits per heavy atom. The maximum Gasteiger partial charge on any atom is 0.351 e. The maximum absolute atomic E-state index is 13.4. The molecule has 1 spiro atoms. The van der Waals surface area contributed by atoms with E-state index in [1.165, 1.54) is 38.7 Å². The molecule has 422 valence electrons. The van der Waals surface area contributed by atoms with Gasteiger partial charge in [0.05, 0.1) is 24.3 Å². The van der Waals surface area contributed by atoms with Gasteiger partial charge in [0.2, 0.25) is 0 Å². The van der Waals surface area contributed by atoms with Crippen molar-refractivity contribution < 1.29 is 40.8 Å². The summed E-state index contributed by atoms with van der Waals surface area (Å²) in [7, 11) is -7.77. The number of aliphatic hydroxyl groups excluding tert-OH is 1. The van der Waals surface area contributed by atoms with Crippen LogP contribution in [0.25, 0.3) is 0 Å². The van der Waals surface area contributed by atoms with Crippen LogP contribution in [0.15, 0.2) is 83.9 Å². The highest BCUT2D eigenvalue weighted by atomic mass is 32.2. The number of aryl methyl sites for hydroxylation is 1. The minimum atomic E-state index is -4.18. The Bertz CT molecular complexity index is 3140. The van der Waals surface area contributed by atoms with Gasteiger partial charge in [-0.25, -0.2) is 18.6 Å². The molecule has 0 bridgehead atoms. The minimum absolute atomic E-state index is 0.0240. The second kappa shape index (κ2) is 24.1. The number of hydrogen-bond acceptors (Lipinski definition) is 18. The van der Waals surface area contributed by atoms with Crippen LogP contribution in [0.4, 0.5) is 5.82 Å². The summed E-state index contributed by atoms with van der Waals surface area (Å²) in [6.07, 6.45) is -0.182. The standard InChI is InChI=1S/C25H45N3O8SSi2.C17H22N2O3.C8H11N3O3S/c1-16-13-28(22(30)27(8)20(16)29)21-19(35-39(11,12)24(5,6)7)25(17(26)15-37(31,32)36-25)18(34-21)14-33-38(9,10)23(2,3)4;1-4-22-11-19-14(10-13-8-6-5-7-9-13)15(12(2)3)16(20)18-17(19)21;9-5-1-2-11(8(13)10-5)6-4-15-7(3-12)14-6/h13,15,18-19,21H,14,26H2,1-12H3;5-9,12H,4,10-11H2,1-3H3,(H,18,20,21);1-2,6-7,12H,3-4H2,(H2,9,10,13)/t18?,19-,21+,25?;;6-,7-/m0.1/s1. The molecule has 76 heavy (non-hydrogen) atoms. The lowest BCUT2D eigenvalue weighted by atomic mass is 9.89. The van der Waals surface area contributed by atoms with Gasteiger partial charge in [-0.1, -0.05) is 85.7 Å². The van der Waals surface area contributed by atoms with Gasteiger partial charge >= 0.3 is 17.1 Å². The van der Waals surface area contributed by atoms with Crippen molar-refractivity contribution in [2.24, 2.45) is 12.8 Å². The third-order valence-electron chi connectivity index (χ3n) is 14.4. The summed E-state index contributed by atoms with van der Waals surface area (Å²) in [6, 6.07) is 11.4. The van der Waals surface area contributed by atoms with Crippen molar-refractivity contribution in [1.82, 2.24) is 28.2 Å². The van der Waals surface area contributed by atoms with E-state index in [1.54, 1.807) is 19.2 Å². The minimum Gasteiger partial charge on any atom is -0.414 e. The molecule has 0 radical (unpaired) electrons. The number of nitrogens with zero attached hydrogens (tertiary/aromatic N) is 5. The fourth-order valence-electron chi connectivity index (χ4n) is 8.10. The normalized spacial score (nSPS) is 22.5. The monoisotopic (exact) mass is 1130 g/mol. The van der Waals surface area contributed by atoms with Gasteiger partial charge in [0.25, 0.3) is 21.2 Å². The van der Waals surface area contributed by atoms with Crippen LogP contribution in [0.5, 0.6) is 0 Å². The molecule has 2 fully saturated rings. The van der Waals surface area contributed by atoms with Crippen molar-refractivity contribution in [3.63, 3.8) is 0 Å². The van der Waals surface area contributed by atoms with E-state index in [1.807, 2.05) is 85.0 Å². The number of ether oxygens (including phenoxy) is 3. The Balaban J connectivity index is 0.000000240. The van der Waals surface area contributed by atoms with Crippen molar-refractivity contribution in [3.05, 3.63) is 134 Å². The highest BCUT2D eigenvalue weighted by molar-refractivity contribution is 8.00. The van der Waals surface area contributed by atoms with Gasteiger partial charge in [-0.15, -0.1) is 11.8 Å². The first-order valence-electron chi connectivity index (χ1n) is 25.0. The van der Waals surface area contributed by atoms with E-state index in [-0.39, 0.29) is 64.7 Å². The molecule has 0 amide bonds. The van der Waals surface area contributed by atoms with E-state index in [9.17, 15) is 32.4 Å². The molecule has 22 nitrogen and oxygen atoms in total. The number of rotatable bonds is 14. The SMILES string of the molecule is CCOCn1c(Cc2ccccc2)c(C(C)C)c(=O)[nH]c1=O.Cc1cn([C@@H]2OC(CO[Si](C)(C)C(C)(C)C)C3(OS(=O)(=O)C=C3N)[C@H]2O[Si](C)(C)C(C)(C)C)c(=O)n(C)c1=O.Nc1ccn([C@H]2CS[C@H](CO)O2)c(=O)n1. The molecule has 3 aromatic heterocycles. The van der Waals surface area contributed by atoms with Gasteiger partial charge < -0.3 is 39.6 Å². The fraction of sp³-hybridized carbons (Fsp3) is 0.600. The van der Waals surface area contributed by atoms with Crippen LogP contribution in [-0.2, 0) is 57.6 Å². The van der Waals surface area contributed by atoms with Crippen molar-refractivity contribution in [1.29, 1.82) is 0 Å². The molecule has 6 atom stereocenters. The number of anilines is 1. The molecule has 1 aromatic carbocycles. The van der Waals surface area contributed by atoms with Crippen molar-refractivity contribution in [3.8, 4) is 0 Å².